The predicted octanol–water partition coefficient (Wildman–Crippen LogP) is 5.02. The summed E-state index contributed by atoms with van der Waals surface area (Å²) in [4.78, 5) is 4.26. The molecule has 4 rings (SSSR count). The molecule has 0 aliphatic heterocycles. The number of aromatic amines is 1. The summed E-state index contributed by atoms with van der Waals surface area (Å²) in [7, 11) is 0. The van der Waals surface area contributed by atoms with Gasteiger partial charge in [-0.15, -0.1) is 0 Å². The van der Waals surface area contributed by atoms with E-state index in [2.05, 4.69) is 20.5 Å². The third-order valence-corrected chi connectivity index (χ3v) is 4.11. The maximum atomic E-state index is 13.3. The fraction of sp³-hybridized carbons (Fsp3) is 0.0476. The highest BCUT2D eigenvalue weighted by molar-refractivity contribution is 5.91. The van der Waals surface area contributed by atoms with Gasteiger partial charge in [-0.2, -0.15) is 5.10 Å². The van der Waals surface area contributed by atoms with Crippen molar-refractivity contribution >= 4 is 28.7 Å². The average molecular weight is 362 g/mol. The average Bonchev–Trinajstić information content (AvgIpc) is 3.07. The maximum absolute atomic E-state index is 13.3. The van der Waals surface area contributed by atoms with E-state index in [1.165, 1.54) is 12.1 Å². The van der Waals surface area contributed by atoms with Crippen molar-refractivity contribution in [3.63, 3.8) is 0 Å². The number of hydrogen-bond donors (Lipinski definition) is 2. The smallest absolute Gasteiger partial charge is 0.126 e. The van der Waals surface area contributed by atoms with Gasteiger partial charge >= 0.3 is 0 Å². The molecule has 0 fully saturated rings. The highest BCUT2D eigenvalue weighted by Crippen LogP contribution is 2.23. The van der Waals surface area contributed by atoms with E-state index in [0.717, 1.165) is 34.0 Å². The van der Waals surface area contributed by atoms with Gasteiger partial charge < -0.3 is 5.32 Å². The van der Waals surface area contributed by atoms with Gasteiger partial charge in [-0.25, -0.2) is 8.78 Å². The fourth-order valence-electron chi connectivity index (χ4n) is 2.83. The van der Waals surface area contributed by atoms with Crippen molar-refractivity contribution < 1.29 is 8.78 Å². The molecular weight excluding hydrogens is 346 g/mol. The molecular formula is C21H16F2N4. The van der Waals surface area contributed by atoms with Crippen LogP contribution in [0.2, 0.25) is 0 Å². The zero-order valence-corrected chi connectivity index (χ0v) is 14.3. The molecule has 0 spiro atoms. The monoisotopic (exact) mass is 362 g/mol. The molecule has 0 bridgehead atoms. The Kier molecular flexibility index (Phi) is 4.61. The molecule has 2 aromatic heterocycles. The molecule has 0 atom stereocenters. The van der Waals surface area contributed by atoms with Gasteiger partial charge in [0.25, 0.3) is 0 Å². The van der Waals surface area contributed by atoms with Gasteiger partial charge in [-0.05, 0) is 60.2 Å². The summed E-state index contributed by atoms with van der Waals surface area (Å²) in [5.41, 5.74) is 3.91. The number of pyridine rings is 1. The Balaban J connectivity index is 1.55. The van der Waals surface area contributed by atoms with E-state index in [0.29, 0.717) is 12.1 Å². The summed E-state index contributed by atoms with van der Waals surface area (Å²) in [5, 5.41) is 11.4. The Labute approximate surface area is 154 Å². The van der Waals surface area contributed by atoms with E-state index in [9.17, 15) is 8.78 Å². The zero-order chi connectivity index (χ0) is 18.6. The van der Waals surface area contributed by atoms with Crippen LogP contribution in [0, 0.1) is 11.6 Å². The lowest BCUT2D eigenvalue weighted by Gasteiger charge is -2.07. The van der Waals surface area contributed by atoms with E-state index in [1.807, 2.05) is 48.6 Å². The summed E-state index contributed by atoms with van der Waals surface area (Å²) in [6.07, 6.45) is 5.56. The lowest BCUT2D eigenvalue weighted by Crippen LogP contribution is -2.00. The molecule has 4 nitrogen and oxygen atoms in total. The molecule has 134 valence electrons. The Morgan fingerprint density at radius 2 is 1.81 bits per heavy atom. The number of anilines is 1. The predicted molar refractivity (Wildman–Crippen MR) is 103 cm³/mol. The van der Waals surface area contributed by atoms with E-state index in [1.54, 1.807) is 6.20 Å². The number of fused-ring (bicyclic) bond motifs is 1. The lowest BCUT2D eigenvalue weighted by molar-refractivity contribution is 0.580. The summed E-state index contributed by atoms with van der Waals surface area (Å²) in [6.45, 7) is 0.317. The van der Waals surface area contributed by atoms with Crippen LogP contribution in [0.5, 0.6) is 0 Å². The second kappa shape index (κ2) is 7.37. The van der Waals surface area contributed by atoms with Crippen molar-refractivity contribution in [1.82, 2.24) is 15.2 Å². The van der Waals surface area contributed by atoms with Gasteiger partial charge in [-0.3, -0.25) is 10.1 Å². The SMILES string of the molecule is Fc1cc(F)cc(CNc2ccc3n[nH]c(C=Cc4ccccn4)c3c2)c1. The van der Waals surface area contributed by atoms with Crippen molar-refractivity contribution in [1.29, 1.82) is 0 Å². The molecule has 2 N–H and O–H groups in total. The topological polar surface area (TPSA) is 53.6 Å². The van der Waals surface area contributed by atoms with E-state index < -0.39 is 11.6 Å². The van der Waals surface area contributed by atoms with Crippen LogP contribution < -0.4 is 5.32 Å². The van der Waals surface area contributed by atoms with Crippen molar-refractivity contribution in [2.24, 2.45) is 0 Å². The molecule has 0 aliphatic rings. The van der Waals surface area contributed by atoms with Crippen LogP contribution in [-0.4, -0.2) is 15.2 Å². The summed E-state index contributed by atoms with van der Waals surface area (Å²) in [6, 6.07) is 14.9. The number of H-pyrrole nitrogens is 1. The third kappa shape index (κ3) is 4.00. The minimum Gasteiger partial charge on any atom is -0.381 e. The van der Waals surface area contributed by atoms with E-state index >= 15 is 0 Å². The van der Waals surface area contributed by atoms with Crippen LogP contribution in [-0.2, 0) is 6.54 Å². The number of halogens is 2. The van der Waals surface area contributed by atoms with Crippen molar-refractivity contribution in [2.45, 2.75) is 6.54 Å². The number of nitrogens with one attached hydrogen (secondary N) is 2. The molecule has 27 heavy (non-hydrogen) atoms. The number of aromatic nitrogens is 3. The van der Waals surface area contributed by atoms with Gasteiger partial charge in [0.1, 0.15) is 11.6 Å². The first kappa shape index (κ1) is 16.9. The van der Waals surface area contributed by atoms with E-state index in [-0.39, 0.29) is 0 Å². The molecule has 0 aliphatic carbocycles. The minimum atomic E-state index is -0.584. The Morgan fingerprint density at radius 3 is 2.59 bits per heavy atom. The summed E-state index contributed by atoms with van der Waals surface area (Å²) in [5.74, 6) is -1.17. The second-order valence-corrected chi connectivity index (χ2v) is 6.09. The van der Waals surface area contributed by atoms with Gasteiger partial charge in [-0.1, -0.05) is 6.07 Å². The van der Waals surface area contributed by atoms with Crippen molar-refractivity contribution in [2.75, 3.05) is 5.32 Å². The fourth-order valence-corrected chi connectivity index (χ4v) is 2.83. The molecule has 2 heterocycles. The minimum absolute atomic E-state index is 0.317. The molecule has 6 heteroatoms. The van der Waals surface area contributed by atoms with Crippen molar-refractivity contribution in [3.8, 4) is 0 Å². The quantitative estimate of drug-likeness (QED) is 0.524. The summed E-state index contributed by atoms with van der Waals surface area (Å²) < 4.78 is 26.6. The Hall–Kier alpha value is -3.54. The first-order chi connectivity index (χ1) is 13.2. The van der Waals surface area contributed by atoms with Crippen LogP contribution in [0.3, 0.4) is 0 Å². The standard InChI is InChI=1S/C21H16F2N4/c22-15-9-14(10-16(23)11-15)13-25-18-5-7-21-19(12-18)20(26-27-21)6-4-17-3-1-2-8-24-17/h1-12,25H,13H2,(H,26,27). The van der Waals surface area contributed by atoms with Crippen molar-refractivity contribution in [3.05, 3.63) is 89.4 Å². The molecule has 2 aromatic carbocycles. The van der Waals surface area contributed by atoms with Gasteiger partial charge in [0.2, 0.25) is 0 Å². The largest absolute Gasteiger partial charge is 0.381 e. The first-order valence-corrected chi connectivity index (χ1v) is 8.43. The van der Waals surface area contributed by atoms with Gasteiger partial charge in [0, 0.05) is 29.9 Å². The molecule has 0 unspecified atom stereocenters. The van der Waals surface area contributed by atoms with Crippen LogP contribution in [0.4, 0.5) is 14.5 Å². The first-order valence-electron chi connectivity index (χ1n) is 8.43. The van der Waals surface area contributed by atoms with Crippen LogP contribution in [0.25, 0.3) is 23.1 Å². The Bertz CT molecular complexity index is 1080. The molecule has 0 saturated heterocycles. The lowest BCUT2D eigenvalue weighted by atomic mass is 10.1. The van der Waals surface area contributed by atoms with Gasteiger partial charge in [0.05, 0.1) is 16.9 Å². The Morgan fingerprint density at radius 1 is 0.963 bits per heavy atom. The molecule has 4 aromatic rings. The second-order valence-electron chi connectivity index (χ2n) is 6.09. The number of nitrogens with zero attached hydrogens (tertiary/aromatic N) is 2. The van der Waals surface area contributed by atoms with Crippen LogP contribution >= 0.6 is 0 Å². The maximum Gasteiger partial charge on any atom is 0.126 e. The number of rotatable bonds is 5. The highest BCUT2D eigenvalue weighted by atomic mass is 19.1. The van der Waals surface area contributed by atoms with Gasteiger partial charge in [0.15, 0.2) is 0 Å². The summed E-state index contributed by atoms with van der Waals surface area (Å²) >= 11 is 0. The number of benzene rings is 2. The third-order valence-electron chi connectivity index (χ3n) is 4.11. The number of hydrogen-bond acceptors (Lipinski definition) is 3. The molecule has 0 saturated carbocycles. The molecule has 0 amide bonds. The normalized spacial score (nSPS) is 11.3. The van der Waals surface area contributed by atoms with E-state index in [4.69, 9.17) is 0 Å². The highest BCUT2D eigenvalue weighted by Gasteiger charge is 2.05. The zero-order valence-electron chi connectivity index (χ0n) is 14.3. The molecule has 0 radical (unpaired) electrons. The van der Waals surface area contributed by atoms with Crippen LogP contribution in [0.1, 0.15) is 17.0 Å². The van der Waals surface area contributed by atoms with Crippen LogP contribution in [0.15, 0.2) is 60.8 Å².